The lowest BCUT2D eigenvalue weighted by atomic mass is 10.0. The lowest BCUT2D eigenvalue weighted by molar-refractivity contribution is -0.141. The molecule has 0 heterocycles. The van der Waals surface area contributed by atoms with Crippen molar-refractivity contribution < 1.29 is 22.4 Å². The van der Waals surface area contributed by atoms with Crippen LogP contribution in [0, 0.1) is 5.82 Å². The second-order valence-corrected chi connectivity index (χ2v) is 11.7. The summed E-state index contributed by atoms with van der Waals surface area (Å²) in [6.45, 7) is 2.85. The second kappa shape index (κ2) is 15.2. The van der Waals surface area contributed by atoms with Crippen LogP contribution in [0.4, 0.5) is 10.1 Å². The van der Waals surface area contributed by atoms with Crippen molar-refractivity contribution in [3.63, 3.8) is 0 Å². The fraction of sp³-hybridized carbons (Fsp3) is 0.355. The summed E-state index contributed by atoms with van der Waals surface area (Å²) in [5.74, 6) is -0.931. The van der Waals surface area contributed by atoms with Crippen molar-refractivity contribution in [2.45, 2.75) is 51.6 Å². The number of unbranched alkanes of at least 4 members (excludes halogenated alkanes) is 1. The molecular weight excluding hydrogens is 529 g/mol. The van der Waals surface area contributed by atoms with E-state index in [0.29, 0.717) is 18.7 Å². The number of amides is 2. The third-order valence-corrected chi connectivity index (χ3v) is 7.76. The molecule has 0 radical (unpaired) electrons. The quantitative estimate of drug-likeness (QED) is 0.264. The molecule has 3 aromatic rings. The Morgan fingerprint density at radius 3 is 2.05 bits per heavy atom. The molecular formula is C31H38FN3O4S. The maximum atomic E-state index is 13.8. The minimum Gasteiger partial charge on any atom is -0.354 e. The smallest absolute Gasteiger partial charge is 0.243 e. The molecule has 2 amide bonds. The summed E-state index contributed by atoms with van der Waals surface area (Å²) in [5, 5.41) is 2.99. The van der Waals surface area contributed by atoms with Crippen molar-refractivity contribution in [2.24, 2.45) is 0 Å². The number of sulfonamides is 1. The van der Waals surface area contributed by atoms with E-state index in [2.05, 4.69) is 5.32 Å². The average Bonchev–Trinajstić information content (AvgIpc) is 2.94. The Morgan fingerprint density at radius 1 is 0.875 bits per heavy atom. The number of anilines is 1. The van der Waals surface area contributed by atoms with E-state index in [9.17, 15) is 22.4 Å². The number of carbonyl (C=O) groups excluding carboxylic acids is 2. The topological polar surface area (TPSA) is 86.8 Å². The van der Waals surface area contributed by atoms with Gasteiger partial charge in [-0.1, -0.05) is 74.0 Å². The molecule has 3 rings (SSSR count). The van der Waals surface area contributed by atoms with Crippen molar-refractivity contribution in [3.8, 4) is 0 Å². The van der Waals surface area contributed by atoms with Crippen molar-refractivity contribution in [1.82, 2.24) is 10.2 Å². The molecule has 0 aliphatic rings. The van der Waals surface area contributed by atoms with Crippen LogP contribution in [-0.2, 0) is 32.6 Å². The van der Waals surface area contributed by atoms with Crippen LogP contribution < -0.4 is 9.62 Å². The van der Waals surface area contributed by atoms with Gasteiger partial charge in [-0.05, 0) is 48.2 Å². The Hall–Kier alpha value is -3.72. The Morgan fingerprint density at radius 2 is 1.48 bits per heavy atom. The molecule has 7 nitrogen and oxygen atoms in total. The van der Waals surface area contributed by atoms with Gasteiger partial charge in [0, 0.05) is 32.5 Å². The Kier molecular flexibility index (Phi) is 11.7. The monoisotopic (exact) mass is 567 g/mol. The van der Waals surface area contributed by atoms with E-state index in [0.717, 1.165) is 30.2 Å². The summed E-state index contributed by atoms with van der Waals surface area (Å²) >= 11 is 0. The van der Waals surface area contributed by atoms with Gasteiger partial charge in [-0.2, -0.15) is 0 Å². The van der Waals surface area contributed by atoms with E-state index < -0.39 is 21.9 Å². The lowest BCUT2D eigenvalue weighted by Crippen LogP contribution is -2.50. The molecule has 1 N–H and O–H groups in total. The molecule has 0 saturated heterocycles. The van der Waals surface area contributed by atoms with Crippen LogP contribution in [0.1, 0.15) is 43.7 Å². The normalized spacial score (nSPS) is 12.0. The Labute approximate surface area is 237 Å². The summed E-state index contributed by atoms with van der Waals surface area (Å²) in [4.78, 5) is 28.8. The van der Waals surface area contributed by atoms with Crippen LogP contribution >= 0.6 is 0 Å². The third kappa shape index (κ3) is 9.48. The fourth-order valence-corrected chi connectivity index (χ4v) is 5.42. The standard InChI is InChI=1S/C31H38FN3O4S/c1-3-4-21-33-31(37)29(23-25-12-7-5-8-13-25)34(24-26-14-9-6-10-15-26)30(36)16-11-22-35(40(2,38)39)28-19-17-27(32)18-20-28/h5-10,12-15,17-20,29H,3-4,11,16,21-24H2,1-2H3,(H,33,37). The zero-order valence-electron chi connectivity index (χ0n) is 23.1. The van der Waals surface area contributed by atoms with Crippen LogP contribution in [0.5, 0.6) is 0 Å². The van der Waals surface area contributed by atoms with Crippen LogP contribution in [0.25, 0.3) is 0 Å². The highest BCUT2D eigenvalue weighted by molar-refractivity contribution is 7.92. The number of nitrogens with zero attached hydrogens (tertiary/aromatic N) is 2. The zero-order chi connectivity index (χ0) is 29.0. The zero-order valence-corrected chi connectivity index (χ0v) is 23.9. The molecule has 40 heavy (non-hydrogen) atoms. The second-order valence-electron chi connectivity index (χ2n) is 9.77. The number of halogens is 1. The first-order valence-electron chi connectivity index (χ1n) is 13.6. The van der Waals surface area contributed by atoms with Gasteiger partial charge in [0.1, 0.15) is 11.9 Å². The van der Waals surface area contributed by atoms with E-state index in [-0.39, 0.29) is 37.7 Å². The van der Waals surface area contributed by atoms with Gasteiger partial charge in [0.25, 0.3) is 0 Å². The highest BCUT2D eigenvalue weighted by Gasteiger charge is 2.30. The summed E-state index contributed by atoms with van der Waals surface area (Å²) < 4.78 is 39.5. The molecule has 3 aromatic carbocycles. The minimum absolute atomic E-state index is 0.0353. The molecule has 1 unspecified atom stereocenters. The molecule has 0 saturated carbocycles. The van der Waals surface area contributed by atoms with Crippen molar-refractivity contribution in [2.75, 3.05) is 23.7 Å². The summed E-state index contributed by atoms with van der Waals surface area (Å²) in [6, 6.07) is 23.5. The maximum absolute atomic E-state index is 13.8. The Bertz CT molecular complexity index is 1320. The molecule has 214 valence electrons. The summed E-state index contributed by atoms with van der Waals surface area (Å²) in [5.41, 5.74) is 2.15. The van der Waals surface area contributed by atoms with Crippen molar-refractivity contribution in [3.05, 3.63) is 102 Å². The summed E-state index contributed by atoms with van der Waals surface area (Å²) in [7, 11) is -3.66. The molecule has 0 aromatic heterocycles. The van der Waals surface area contributed by atoms with Crippen LogP contribution in [0.2, 0.25) is 0 Å². The highest BCUT2D eigenvalue weighted by Crippen LogP contribution is 2.20. The molecule has 0 bridgehead atoms. The van der Waals surface area contributed by atoms with Gasteiger partial charge >= 0.3 is 0 Å². The van der Waals surface area contributed by atoms with Gasteiger partial charge in [-0.25, -0.2) is 12.8 Å². The van der Waals surface area contributed by atoms with Gasteiger partial charge in [0.15, 0.2) is 0 Å². The number of rotatable bonds is 15. The van der Waals surface area contributed by atoms with Crippen LogP contribution in [0.3, 0.4) is 0 Å². The molecule has 0 fully saturated rings. The highest BCUT2D eigenvalue weighted by atomic mass is 32.2. The molecule has 1 atom stereocenters. The third-order valence-electron chi connectivity index (χ3n) is 6.56. The number of benzene rings is 3. The van der Waals surface area contributed by atoms with E-state index in [1.807, 2.05) is 67.6 Å². The van der Waals surface area contributed by atoms with Gasteiger partial charge in [0.2, 0.25) is 21.8 Å². The van der Waals surface area contributed by atoms with E-state index in [1.54, 1.807) is 4.90 Å². The van der Waals surface area contributed by atoms with Gasteiger partial charge < -0.3 is 10.2 Å². The molecule has 9 heteroatoms. The maximum Gasteiger partial charge on any atom is 0.243 e. The first-order chi connectivity index (χ1) is 19.2. The predicted octanol–water partition coefficient (Wildman–Crippen LogP) is 4.93. The number of hydrogen-bond donors (Lipinski definition) is 1. The number of nitrogens with one attached hydrogen (secondary N) is 1. The van der Waals surface area contributed by atoms with Crippen LogP contribution in [0.15, 0.2) is 84.9 Å². The van der Waals surface area contributed by atoms with Crippen LogP contribution in [-0.4, -0.2) is 50.5 Å². The molecule has 0 aliphatic heterocycles. The average molecular weight is 568 g/mol. The lowest BCUT2D eigenvalue weighted by Gasteiger charge is -2.32. The minimum atomic E-state index is -3.66. The van der Waals surface area contributed by atoms with Crippen molar-refractivity contribution >= 4 is 27.5 Å². The Balaban J connectivity index is 1.84. The SMILES string of the molecule is CCCCNC(=O)C(Cc1ccccc1)N(Cc1ccccc1)C(=O)CCCN(c1ccc(F)cc1)S(C)(=O)=O. The first kappa shape index (κ1) is 30.8. The predicted molar refractivity (Wildman–Crippen MR) is 157 cm³/mol. The van der Waals surface area contributed by atoms with E-state index in [1.165, 1.54) is 28.6 Å². The van der Waals surface area contributed by atoms with Crippen molar-refractivity contribution in [1.29, 1.82) is 0 Å². The molecule has 0 aliphatic carbocycles. The largest absolute Gasteiger partial charge is 0.354 e. The van der Waals surface area contributed by atoms with E-state index in [4.69, 9.17) is 0 Å². The van der Waals surface area contributed by atoms with Gasteiger partial charge in [-0.3, -0.25) is 13.9 Å². The number of hydrogen-bond acceptors (Lipinski definition) is 4. The van der Waals surface area contributed by atoms with Gasteiger partial charge in [-0.15, -0.1) is 0 Å². The molecule has 0 spiro atoms. The summed E-state index contributed by atoms with van der Waals surface area (Å²) in [6.07, 6.45) is 3.46. The van der Waals surface area contributed by atoms with E-state index >= 15 is 0 Å². The fourth-order valence-electron chi connectivity index (χ4n) is 4.45. The number of carbonyl (C=O) groups is 2. The first-order valence-corrected chi connectivity index (χ1v) is 15.4. The van der Waals surface area contributed by atoms with Gasteiger partial charge in [0.05, 0.1) is 11.9 Å².